The average Bonchev–Trinajstić information content (AvgIpc) is 3.70. The number of nitrogens with one attached hydrogen (secondary N) is 1. The van der Waals surface area contributed by atoms with Crippen LogP contribution >= 0.6 is 0 Å². The summed E-state index contributed by atoms with van der Waals surface area (Å²) in [5.74, 6) is 1.42. The molecule has 0 bridgehead atoms. The highest BCUT2D eigenvalue weighted by atomic mass is 16.2. The van der Waals surface area contributed by atoms with Crippen molar-refractivity contribution in [3.05, 3.63) is 117 Å². The summed E-state index contributed by atoms with van der Waals surface area (Å²) in [4.78, 5) is 32.5. The molecule has 6 rings (SSSR count). The number of hydrogen-bond acceptors (Lipinski definition) is 6. The smallest absolute Gasteiger partial charge is 0.318 e. The summed E-state index contributed by atoms with van der Waals surface area (Å²) in [5.41, 5.74) is 5.44. The SMILES string of the molecule is CCCc1nc2c(c(=O)n(CCc3ccccc3)c(=O)n2CCC)n1Cc1ccc(-c2ccccc2-c2nnn[nH]2)cc1. The Kier molecular flexibility index (Phi) is 8.08. The number of fused-ring (bicyclic) bond motifs is 1. The van der Waals surface area contributed by atoms with Gasteiger partial charge in [0.25, 0.3) is 5.56 Å². The Bertz CT molecular complexity index is 1950. The fourth-order valence-electron chi connectivity index (χ4n) is 5.62. The number of benzene rings is 3. The largest absolute Gasteiger partial charge is 0.332 e. The van der Waals surface area contributed by atoms with E-state index in [0.29, 0.717) is 49.5 Å². The molecule has 0 fully saturated rings. The molecule has 0 saturated carbocycles. The third kappa shape index (κ3) is 5.55. The number of aryl methyl sites for hydroxylation is 3. The van der Waals surface area contributed by atoms with Crippen LogP contribution in [0.5, 0.6) is 0 Å². The van der Waals surface area contributed by atoms with E-state index in [-0.39, 0.29) is 11.2 Å². The van der Waals surface area contributed by atoms with Crippen molar-refractivity contribution in [2.45, 2.75) is 59.2 Å². The molecule has 0 saturated heterocycles. The van der Waals surface area contributed by atoms with Crippen molar-refractivity contribution in [2.24, 2.45) is 0 Å². The molecular weight excluding hydrogens is 540 g/mol. The van der Waals surface area contributed by atoms with Crippen molar-refractivity contribution < 1.29 is 0 Å². The zero-order valence-electron chi connectivity index (χ0n) is 24.4. The Morgan fingerprint density at radius 1 is 0.721 bits per heavy atom. The minimum Gasteiger partial charge on any atom is -0.318 e. The number of aromatic nitrogens is 8. The van der Waals surface area contributed by atoms with E-state index < -0.39 is 0 Å². The van der Waals surface area contributed by atoms with Crippen LogP contribution in [0.15, 0.2) is 88.5 Å². The van der Waals surface area contributed by atoms with E-state index in [0.717, 1.165) is 46.5 Å². The topological polar surface area (TPSA) is 116 Å². The average molecular weight is 575 g/mol. The predicted molar refractivity (Wildman–Crippen MR) is 167 cm³/mol. The van der Waals surface area contributed by atoms with Crippen LogP contribution in [0.3, 0.4) is 0 Å². The van der Waals surface area contributed by atoms with Crippen molar-refractivity contribution in [1.29, 1.82) is 0 Å². The van der Waals surface area contributed by atoms with Gasteiger partial charge in [-0.2, -0.15) is 0 Å². The van der Waals surface area contributed by atoms with Crippen LogP contribution in [0.25, 0.3) is 33.7 Å². The quantitative estimate of drug-likeness (QED) is 0.236. The van der Waals surface area contributed by atoms with Gasteiger partial charge in [-0.1, -0.05) is 92.7 Å². The molecule has 10 heteroatoms. The molecule has 3 aromatic carbocycles. The molecule has 0 amide bonds. The van der Waals surface area contributed by atoms with E-state index in [1.807, 2.05) is 66.1 Å². The Morgan fingerprint density at radius 2 is 1.47 bits per heavy atom. The number of hydrogen-bond donors (Lipinski definition) is 1. The highest BCUT2D eigenvalue weighted by Crippen LogP contribution is 2.30. The lowest BCUT2D eigenvalue weighted by Crippen LogP contribution is -2.41. The van der Waals surface area contributed by atoms with Crippen LogP contribution in [-0.2, 0) is 32.5 Å². The summed E-state index contributed by atoms with van der Waals surface area (Å²) >= 11 is 0. The number of H-pyrrole nitrogens is 1. The van der Waals surface area contributed by atoms with E-state index in [1.54, 1.807) is 4.57 Å². The van der Waals surface area contributed by atoms with Gasteiger partial charge >= 0.3 is 5.69 Å². The number of aromatic amines is 1. The maximum Gasteiger partial charge on any atom is 0.332 e. The Morgan fingerprint density at radius 3 is 2.16 bits per heavy atom. The van der Waals surface area contributed by atoms with Crippen molar-refractivity contribution >= 4 is 11.2 Å². The molecule has 0 unspecified atom stereocenters. The Hall–Kier alpha value is -5.12. The van der Waals surface area contributed by atoms with Gasteiger partial charge in [0.15, 0.2) is 17.0 Å². The predicted octanol–water partition coefficient (Wildman–Crippen LogP) is 4.86. The molecule has 0 spiro atoms. The minimum atomic E-state index is -0.298. The van der Waals surface area contributed by atoms with Gasteiger partial charge in [-0.3, -0.25) is 13.9 Å². The van der Waals surface area contributed by atoms with Crippen molar-refractivity contribution in [3.63, 3.8) is 0 Å². The molecule has 43 heavy (non-hydrogen) atoms. The molecule has 6 aromatic rings. The maximum atomic E-state index is 14.0. The van der Waals surface area contributed by atoms with Crippen molar-refractivity contribution in [2.75, 3.05) is 0 Å². The summed E-state index contributed by atoms with van der Waals surface area (Å²) in [5, 5.41) is 14.4. The monoisotopic (exact) mass is 574 g/mol. The molecular formula is C33H34N8O2. The standard InChI is InChI=1S/C33H34N8O2/c1-3-10-28-34-31-29(32(42)40(33(43)39(31)20-4-2)21-19-23-11-6-5-7-12-23)41(28)22-24-15-17-25(18-16-24)26-13-8-9-14-27(26)30-35-37-38-36-30/h5-9,11-18H,3-4,10,19-22H2,1-2H3,(H,35,36,37,38). The van der Waals surface area contributed by atoms with Gasteiger partial charge in [0.2, 0.25) is 0 Å². The summed E-state index contributed by atoms with van der Waals surface area (Å²) in [7, 11) is 0. The molecule has 0 atom stereocenters. The lowest BCUT2D eigenvalue weighted by atomic mass is 9.98. The van der Waals surface area contributed by atoms with Crippen molar-refractivity contribution in [1.82, 2.24) is 39.3 Å². The van der Waals surface area contributed by atoms with E-state index in [9.17, 15) is 9.59 Å². The van der Waals surface area contributed by atoms with Gasteiger partial charge in [0.05, 0.1) is 0 Å². The highest BCUT2D eigenvalue weighted by Gasteiger charge is 2.21. The summed E-state index contributed by atoms with van der Waals surface area (Å²) in [6.07, 6.45) is 2.93. The number of imidazole rings is 1. The maximum absolute atomic E-state index is 14.0. The second kappa shape index (κ2) is 12.4. The second-order valence-electron chi connectivity index (χ2n) is 10.7. The van der Waals surface area contributed by atoms with Crippen LogP contribution in [0, 0.1) is 0 Å². The Labute approximate surface area is 248 Å². The molecule has 0 radical (unpaired) electrons. The summed E-state index contributed by atoms with van der Waals surface area (Å²) < 4.78 is 5.07. The molecule has 10 nitrogen and oxygen atoms in total. The molecule has 3 heterocycles. The van der Waals surface area contributed by atoms with Gasteiger partial charge in [-0.25, -0.2) is 14.9 Å². The van der Waals surface area contributed by atoms with Crippen LogP contribution in [-0.4, -0.2) is 39.3 Å². The fraction of sp³-hybridized carbons (Fsp3) is 0.273. The van der Waals surface area contributed by atoms with E-state index in [2.05, 4.69) is 51.8 Å². The third-order valence-electron chi connectivity index (χ3n) is 7.71. The third-order valence-corrected chi connectivity index (χ3v) is 7.71. The number of rotatable bonds is 11. The zero-order valence-corrected chi connectivity index (χ0v) is 24.4. The lowest BCUT2D eigenvalue weighted by Gasteiger charge is -2.13. The van der Waals surface area contributed by atoms with Gasteiger partial charge < -0.3 is 4.57 Å². The molecule has 3 aromatic heterocycles. The normalized spacial score (nSPS) is 11.4. The van der Waals surface area contributed by atoms with E-state index in [1.165, 1.54) is 4.57 Å². The molecule has 1 N–H and O–H groups in total. The van der Waals surface area contributed by atoms with Crippen LogP contribution in [0.1, 0.15) is 43.6 Å². The van der Waals surface area contributed by atoms with Crippen LogP contribution in [0.2, 0.25) is 0 Å². The van der Waals surface area contributed by atoms with Crippen LogP contribution in [0.4, 0.5) is 0 Å². The lowest BCUT2D eigenvalue weighted by molar-refractivity contribution is 0.560. The van der Waals surface area contributed by atoms with Gasteiger partial charge in [0, 0.05) is 31.6 Å². The number of nitrogens with zero attached hydrogens (tertiary/aromatic N) is 7. The first-order valence-electron chi connectivity index (χ1n) is 14.8. The van der Waals surface area contributed by atoms with E-state index >= 15 is 0 Å². The van der Waals surface area contributed by atoms with Crippen molar-refractivity contribution in [3.8, 4) is 22.5 Å². The fourth-order valence-corrected chi connectivity index (χ4v) is 5.62. The Balaban J connectivity index is 1.41. The first-order valence-corrected chi connectivity index (χ1v) is 14.8. The number of tetrazole rings is 1. The van der Waals surface area contributed by atoms with Gasteiger partial charge in [-0.05, 0) is 51.9 Å². The molecule has 0 aliphatic carbocycles. The van der Waals surface area contributed by atoms with Gasteiger partial charge in [-0.15, -0.1) is 5.10 Å². The summed E-state index contributed by atoms with van der Waals surface area (Å²) in [6, 6.07) is 26.2. The zero-order chi connectivity index (χ0) is 29.8. The minimum absolute atomic E-state index is 0.288. The van der Waals surface area contributed by atoms with E-state index in [4.69, 9.17) is 4.98 Å². The highest BCUT2D eigenvalue weighted by molar-refractivity contribution is 5.80. The molecule has 218 valence electrons. The first-order chi connectivity index (χ1) is 21.1. The van der Waals surface area contributed by atoms with Crippen LogP contribution < -0.4 is 11.2 Å². The molecule has 0 aliphatic heterocycles. The second-order valence-corrected chi connectivity index (χ2v) is 10.7. The van der Waals surface area contributed by atoms with Gasteiger partial charge in [0.1, 0.15) is 5.82 Å². The summed E-state index contributed by atoms with van der Waals surface area (Å²) in [6.45, 7) is 5.40. The molecule has 0 aliphatic rings. The first kappa shape index (κ1) is 28.0.